The van der Waals surface area contributed by atoms with Crippen LogP contribution in [0.5, 0.6) is 5.75 Å². The summed E-state index contributed by atoms with van der Waals surface area (Å²) >= 11 is 0. The van der Waals surface area contributed by atoms with Gasteiger partial charge in [0.2, 0.25) is 0 Å². The average molecular weight is 276 g/mol. The van der Waals surface area contributed by atoms with E-state index in [1.54, 1.807) is 26.3 Å². The highest BCUT2D eigenvalue weighted by Crippen LogP contribution is 2.23. The van der Waals surface area contributed by atoms with Gasteiger partial charge in [0.25, 0.3) is 5.56 Å². The Bertz CT molecular complexity index is 664. The van der Waals surface area contributed by atoms with Gasteiger partial charge in [-0.1, -0.05) is 0 Å². The SMILES string of the molecule is COc1ccc2c(=O)n(C)nc(NCCN(C)C)c2c1. The van der Waals surface area contributed by atoms with E-state index in [0.717, 1.165) is 18.5 Å². The normalized spacial score (nSPS) is 11.1. The molecule has 6 heteroatoms. The molecule has 2 rings (SSSR count). The van der Waals surface area contributed by atoms with Gasteiger partial charge < -0.3 is 15.0 Å². The maximum absolute atomic E-state index is 12.1. The summed E-state index contributed by atoms with van der Waals surface area (Å²) in [5, 5.41) is 8.98. The molecule has 0 aliphatic heterocycles. The molecule has 1 heterocycles. The molecular weight excluding hydrogens is 256 g/mol. The van der Waals surface area contributed by atoms with Crippen molar-refractivity contribution < 1.29 is 4.74 Å². The topological polar surface area (TPSA) is 59.4 Å². The second-order valence-electron chi connectivity index (χ2n) is 4.92. The third-order valence-corrected chi connectivity index (χ3v) is 3.11. The van der Waals surface area contributed by atoms with Crippen molar-refractivity contribution in [2.75, 3.05) is 39.6 Å². The van der Waals surface area contributed by atoms with Crippen LogP contribution >= 0.6 is 0 Å². The highest BCUT2D eigenvalue weighted by atomic mass is 16.5. The van der Waals surface area contributed by atoms with E-state index < -0.39 is 0 Å². The number of hydrogen-bond donors (Lipinski definition) is 1. The van der Waals surface area contributed by atoms with Crippen molar-refractivity contribution in [3.8, 4) is 5.75 Å². The number of fused-ring (bicyclic) bond motifs is 1. The number of aromatic nitrogens is 2. The van der Waals surface area contributed by atoms with Crippen LogP contribution in [0, 0.1) is 0 Å². The number of hydrogen-bond acceptors (Lipinski definition) is 5. The molecule has 0 atom stereocenters. The number of benzene rings is 1. The third kappa shape index (κ3) is 2.91. The van der Waals surface area contributed by atoms with Crippen LogP contribution in [0.3, 0.4) is 0 Å². The van der Waals surface area contributed by atoms with Crippen molar-refractivity contribution in [1.82, 2.24) is 14.7 Å². The van der Waals surface area contributed by atoms with E-state index >= 15 is 0 Å². The van der Waals surface area contributed by atoms with Crippen LogP contribution in [-0.4, -0.2) is 49.0 Å². The average Bonchev–Trinajstić information content (AvgIpc) is 2.43. The Balaban J connectivity index is 2.46. The molecule has 0 bridgehead atoms. The molecule has 2 aromatic rings. The summed E-state index contributed by atoms with van der Waals surface area (Å²) < 4.78 is 6.57. The summed E-state index contributed by atoms with van der Waals surface area (Å²) in [5.41, 5.74) is -0.110. The van der Waals surface area contributed by atoms with Gasteiger partial charge in [0.1, 0.15) is 5.75 Å². The lowest BCUT2D eigenvalue weighted by atomic mass is 10.1. The van der Waals surface area contributed by atoms with Crippen molar-refractivity contribution >= 4 is 16.6 Å². The van der Waals surface area contributed by atoms with Crippen LogP contribution in [0.4, 0.5) is 5.82 Å². The first-order valence-corrected chi connectivity index (χ1v) is 6.46. The Kier molecular flexibility index (Phi) is 4.24. The molecule has 0 fully saturated rings. The van der Waals surface area contributed by atoms with Gasteiger partial charge in [0, 0.05) is 25.5 Å². The molecule has 108 valence electrons. The standard InChI is InChI=1S/C14H20N4O2/c1-17(2)8-7-15-13-12-9-10(20-4)5-6-11(12)14(19)18(3)16-13/h5-6,9H,7-8H2,1-4H3,(H,15,16). The first kappa shape index (κ1) is 14.3. The number of rotatable bonds is 5. The molecule has 0 aliphatic rings. The van der Waals surface area contributed by atoms with Gasteiger partial charge in [-0.3, -0.25) is 4.79 Å². The first-order chi connectivity index (χ1) is 9.52. The second kappa shape index (κ2) is 5.92. The molecular formula is C14H20N4O2. The molecule has 1 aromatic heterocycles. The number of nitrogens with zero attached hydrogens (tertiary/aromatic N) is 3. The number of anilines is 1. The van der Waals surface area contributed by atoms with Crippen molar-refractivity contribution in [3.05, 3.63) is 28.6 Å². The van der Waals surface area contributed by atoms with E-state index in [1.165, 1.54) is 4.68 Å². The van der Waals surface area contributed by atoms with E-state index in [1.807, 2.05) is 20.2 Å². The molecule has 1 N–H and O–H groups in total. The van der Waals surface area contributed by atoms with Gasteiger partial charge in [0.05, 0.1) is 12.5 Å². The van der Waals surface area contributed by atoms with Crippen molar-refractivity contribution in [2.45, 2.75) is 0 Å². The fraction of sp³-hybridized carbons (Fsp3) is 0.429. The van der Waals surface area contributed by atoms with Gasteiger partial charge in [-0.05, 0) is 32.3 Å². The lowest BCUT2D eigenvalue weighted by molar-refractivity contribution is 0.415. The summed E-state index contributed by atoms with van der Waals surface area (Å²) in [6, 6.07) is 5.39. The summed E-state index contributed by atoms with van der Waals surface area (Å²) in [6.07, 6.45) is 0. The highest BCUT2D eigenvalue weighted by Gasteiger charge is 2.09. The van der Waals surface area contributed by atoms with Crippen molar-refractivity contribution in [2.24, 2.45) is 7.05 Å². The van der Waals surface area contributed by atoms with Crippen molar-refractivity contribution in [1.29, 1.82) is 0 Å². The minimum atomic E-state index is -0.110. The van der Waals surface area contributed by atoms with Crippen LogP contribution < -0.4 is 15.6 Å². The van der Waals surface area contributed by atoms with Crippen LogP contribution in [0.1, 0.15) is 0 Å². The summed E-state index contributed by atoms with van der Waals surface area (Å²) in [7, 11) is 7.28. The molecule has 0 aliphatic carbocycles. The fourth-order valence-electron chi connectivity index (χ4n) is 1.98. The minimum Gasteiger partial charge on any atom is -0.497 e. The van der Waals surface area contributed by atoms with Crippen LogP contribution in [0.2, 0.25) is 0 Å². The van der Waals surface area contributed by atoms with Gasteiger partial charge >= 0.3 is 0 Å². The molecule has 0 radical (unpaired) electrons. The van der Waals surface area contributed by atoms with Crippen molar-refractivity contribution in [3.63, 3.8) is 0 Å². The zero-order valence-electron chi connectivity index (χ0n) is 12.3. The molecule has 0 spiro atoms. The first-order valence-electron chi connectivity index (χ1n) is 6.46. The predicted molar refractivity (Wildman–Crippen MR) is 80.6 cm³/mol. The number of methoxy groups -OCH3 is 1. The lowest BCUT2D eigenvalue weighted by Crippen LogP contribution is -2.24. The molecule has 1 aromatic carbocycles. The molecule has 0 saturated heterocycles. The fourth-order valence-corrected chi connectivity index (χ4v) is 1.98. The molecule has 0 amide bonds. The Morgan fingerprint density at radius 3 is 2.75 bits per heavy atom. The van der Waals surface area contributed by atoms with Crippen LogP contribution in [0.25, 0.3) is 10.8 Å². The van der Waals surface area contributed by atoms with Gasteiger partial charge in [-0.2, -0.15) is 5.10 Å². The number of ether oxygens (including phenoxy) is 1. The van der Waals surface area contributed by atoms with E-state index in [-0.39, 0.29) is 5.56 Å². The molecule has 0 saturated carbocycles. The quantitative estimate of drug-likeness (QED) is 0.880. The van der Waals surface area contributed by atoms with Gasteiger partial charge in [-0.15, -0.1) is 0 Å². The van der Waals surface area contributed by atoms with E-state index in [4.69, 9.17) is 4.74 Å². The Morgan fingerprint density at radius 2 is 2.10 bits per heavy atom. The van der Waals surface area contributed by atoms with Crippen LogP contribution in [-0.2, 0) is 7.05 Å². The number of nitrogens with one attached hydrogen (secondary N) is 1. The van der Waals surface area contributed by atoms with E-state index in [2.05, 4.69) is 15.3 Å². The third-order valence-electron chi connectivity index (χ3n) is 3.11. The predicted octanol–water partition coefficient (Wildman–Crippen LogP) is 0.916. The molecule has 20 heavy (non-hydrogen) atoms. The van der Waals surface area contributed by atoms with E-state index in [0.29, 0.717) is 17.0 Å². The Hall–Kier alpha value is -2.08. The van der Waals surface area contributed by atoms with E-state index in [9.17, 15) is 4.79 Å². The van der Waals surface area contributed by atoms with Gasteiger partial charge in [0.15, 0.2) is 5.82 Å². The molecule has 0 unspecified atom stereocenters. The minimum absolute atomic E-state index is 0.110. The summed E-state index contributed by atoms with van der Waals surface area (Å²) in [4.78, 5) is 14.2. The monoisotopic (exact) mass is 276 g/mol. The highest BCUT2D eigenvalue weighted by molar-refractivity contribution is 5.92. The van der Waals surface area contributed by atoms with Gasteiger partial charge in [-0.25, -0.2) is 4.68 Å². The Labute approximate surface area is 118 Å². The zero-order chi connectivity index (χ0) is 14.7. The molecule has 6 nitrogen and oxygen atoms in total. The largest absolute Gasteiger partial charge is 0.497 e. The number of aryl methyl sites for hydroxylation is 1. The van der Waals surface area contributed by atoms with Crippen LogP contribution in [0.15, 0.2) is 23.0 Å². The lowest BCUT2D eigenvalue weighted by Gasteiger charge is -2.13. The summed E-state index contributed by atoms with van der Waals surface area (Å²) in [5.74, 6) is 1.41. The maximum Gasteiger partial charge on any atom is 0.274 e. The smallest absolute Gasteiger partial charge is 0.274 e. The number of likely N-dealkylation sites (N-methyl/N-ethyl adjacent to an activating group) is 1. The zero-order valence-corrected chi connectivity index (χ0v) is 12.3. The second-order valence-corrected chi connectivity index (χ2v) is 4.92. The summed E-state index contributed by atoms with van der Waals surface area (Å²) in [6.45, 7) is 1.64. The maximum atomic E-state index is 12.1. The Morgan fingerprint density at radius 1 is 1.35 bits per heavy atom.